The minimum atomic E-state index is 0.808. The zero-order valence-electron chi connectivity index (χ0n) is 10.8. The highest BCUT2D eigenvalue weighted by Crippen LogP contribution is 1.95. The van der Waals surface area contributed by atoms with Crippen LogP contribution in [0.5, 0.6) is 0 Å². The smallest absolute Gasteiger partial charge is 0.0361 e. The quantitative estimate of drug-likeness (QED) is 0.662. The summed E-state index contributed by atoms with van der Waals surface area (Å²) in [6.07, 6.45) is 3.15. The predicted octanol–water partition coefficient (Wildman–Crippen LogP) is 4.12. The maximum atomic E-state index is 6.93. The summed E-state index contributed by atoms with van der Waals surface area (Å²) in [7, 11) is 0. The Kier molecular flexibility index (Phi) is 24.1. The Morgan fingerprint density at radius 3 is 1.79 bits per heavy atom. The van der Waals surface area contributed by atoms with Gasteiger partial charge in [-0.1, -0.05) is 27.7 Å². The lowest BCUT2D eigenvalue weighted by Crippen LogP contribution is -1.86. The van der Waals surface area contributed by atoms with Gasteiger partial charge >= 0.3 is 0 Å². The summed E-state index contributed by atoms with van der Waals surface area (Å²) >= 11 is 0. The number of nitrogens with zero attached hydrogens (tertiary/aromatic N) is 1. The van der Waals surface area contributed by atoms with Crippen molar-refractivity contribution in [2.24, 2.45) is 4.99 Å². The van der Waals surface area contributed by atoms with Crippen LogP contribution in [0.15, 0.2) is 16.1 Å². The second-order valence-corrected chi connectivity index (χ2v) is 2.14. The highest BCUT2D eigenvalue weighted by Gasteiger charge is 1.86. The standard InChI is InChI=1S/C8H14N2.2C2H6/c1-4-10-6-8(3)7(2)5-9;2*1-2/h5-6,9H,4H2,1-3H3;2*1-2H3/b8-7+,9-5?,10-6?;;. The topological polar surface area (TPSA) is 36.2 Å². The molecule has 1 N–H and O–H groups in total. The summed E-state index contributed by atoms with van der Waals surface area (Å²) in [6.45, 7) is 14.7. The van der Waals surface area contributed by atoms with Crippen molar-refractivity contribution in [3.63, 3.8) is 0 Å². The molecule has 0 aromatic carbocycles. The van der Waals surface area contributed by atoms with Gasteiger partial charge in [0.1, 0.15) is 0 Å². The molecule has 0 aliphatic carbocycles. The van der Waals surface area contributed by atoms with E-state index in [1.807, 2.05) is 48.5 Å². The minimum Gasteiger partial charge on any atom is -0.308 e. The Bertz CT molecular complexity index is 167. The molecule has 2 nitrogen and oxygen atoms in total. The van der Waals surface area contributed by atoms with Crippen molar-refractivity contribution in [3.05, 3.63) is 11.1 Å². The fourth-order valence-electron chi connectivity index (χ4n) is 0.444. The number of rotatable bonds is 3. The maximum Gasteiger partial charge on any atom is 0.0361 e. The number of allylic oxidation sites excluding steroid dienone is 2. The second-order valence-electron chi connectivity index (χ2n) is 2.14. The maximum absolute atomic E-state index is 6.93. The lowest BCUT2D eigenvalue weighted by molar-refractivity contribution is 1.14. The predicted molar refractivity (Wildman–Crippen MR) is 68.9 cm³/mol. The van der Waals surface area contributed by atoms with E-state index in [4.69, 9.17) is 5.41 Å². The van der Waals surface area contributed by atoms with E-state index < -0.39 is 0 Å². The molecule has 0 unspecified atom stereocenters. The van der Waals surface area contributed by atoms with E-state index in [1.165, 1.54) is 6.21 Å². The van der Waals surface area contributed by atoms with E-state index in [0.717, 1.165) is 17.7 Å². The summed E-state index contributed by atoms with van der Waals surface area (Å²) in [5.74, 6) is 0. The van der Waals surface area contributed by atoms with E-state index in [2.05, 4.69) is 4.99 Å². The monoisotopic (exact) mass is 198 g/mol. The Labute approximate surface area is 89.7 Å². The summed E-state index contributed by atoms with van der Waals surface area (Å²) in [4.78, 5) is 4.05. The van der Waals surface area contributed by atoms with Gasteiger partial charge in [-0.2, -0.15) is 0 Å². The van der Waals surface area contributed by atoms with Crippen LogP contribution in [0.2, 0.25) is 0 Å². The summed E-state index contributed by atoms with van der Waals surface area (Å²) in [5.41, 5.74) is 2.04. The second kappa shape index (κ2) is 18.0. The molecule has 2 heteroatoms. The molecule has 0 rings (SSSR count). The molecule has 0 aliphatic rings. The van der Waals surface area contributed by atoms with Crippen LogP contribution in [0.4, 0.5) is 0 Å². The molecule has 0 bridgehead atoms. The Balaban J connectivity index is -0.000000266. The van der Waals surface area contributed by atoms with Crippen molar-refractivity contribution in [3.8, 4) is 0 Å². The molecule has 14 heavy (non-hydrogen) atoms. The molecule has 0 aromatic rings. The molecule has 0 aliphatic heterocycles. The van der Waals surface area contributed by atoms with Crippen LogP contribution in [-0.2, 0) is 0 Å². The minimum absolute atomic E-state index is 0.808. The van der Waals surface area contributed by atoms with Gasteiger partial charge in [-0.15, -0.1) is 0 Å². The number of aliphatic imine (C=N–C) groups is 1. The third-order valence-electron chi connectivity index (χ3n) is 1.31. The molecule has 0 saturated carbocycles. The van der Waals surface area contributed by atoms with Crippen molar-refractivity contribution >= 4 is 12.4 Å². The van der Waals surface area contributed by atoms with Crippen LogP contribution in [0.1, 0.15) is 48.5 Å². The van der Waals surface area contributed by atoms with Crippen LogP contribution < -0.4 is 0 Å². The van der Waals surface area contributed by atoms with E-state index >= 15 is 0 Å². The zero-order chi connectivity index (χ0) is 12.0. The first-order valence-corrected chi connectivity index (χ1v) is 5.40. The van der Waals surface area contributed by atoms with Crippen LogP contribution in [-0.4, -0.2) is 19.0 Å². The number of hydrogen-bond acceptors (Lipinski definition) is 2. The van der Waals surface area contributed by atoms with Gasteiger partial charge in [0.2, 0.25) is 0 Å². The fraction of sp³-hybridized carbons (Fsp3) is 0.667. The molecule has 0 radical (unpaired) electrons. The molecule has 0 aromatic heterocycles. The third kappa shape index (κ3) is 13.7. The van der Waals surface area contributed by atoms with Gasteiger partial charge < -0.3 is 5.41 Å². The van der Waals surface area contributed by atoms with Crippen LogP contribution in [0, 0.1) is 5.41 Å². The van der Waals surface area contributed by atoms with Crippen LogP contribution >= 0.6 is 0 Å². The van der Waals surface area contributed by atoms with Crippen molar-refractivity contribution in [1.82, 2.24) is 0 Å². The van der Waals surface area contributed by atoms with Gasteiger partial charge in [0.25, 0.3) is 0 Å². The van der Waals surface area contributed by atoms with Crippen molar-refractivity contribution in [2.45, 2.75) is 48.5 Å². The highest BCUT2D eigenvalue weighted by atomic mass is 14.7. The van der Waals surface area contributed by atoms with Crippen molar-refractivity contribution in [1.29, 1.82) is 5.41 Å². The Morgan fingerprint density at radius 2 is 1.50 bits per heavy atom. The average Bonchev–Trinajstić information content (AvgIpc) is 2.30. The number of hydrogen-bond donors (Lipinski definition) is 1. The first-order chi connectivity index (χ1) is 6.72. The highest BCUT2D eigenvalue weighted by molar-refractivity contribution is 5.88. The first-order valence-electron chi connectivity index (χ1n) is 5.40. The summed E-state index contributed by atoms with van der Waals surface area (Å²) < 4.78 is 0. The Hall–Kier alpha value is -0.920. The van der Waals surface area contributed by atoms with E-state index in [-0.39, 0.29) is 0 Å². The van der Waals surface area contributed by atoms with Gasteiger partial charge in [-0.05, 0) is 31.9 Å². The van der Waals surface area contributed by atoms with Gasteiger partial charge in [-0.25, -0.2) is 0 Å². The molecule has 84 valence electrons. The van der Waals surface area contributed by atoms with Gasteiger partial charge in [0.05, 0.1) is 0 Å². The van der Waals surface area contributed by atoms with Crippen LogP contribution in [0.25, 0.3) is 0 Å². The van der Waals surface area contributed by atoms with E-state index in [9.17, 15) is 0 Å². The molecule has 0 atom stereocenters. The Morgan fingerprint density at radius 1 is 1.07 bits per heavy atom. The lowest BCUT2D eigenvalue weighted by atomic mass is 10.2. The SMILES string of the molecule is CC.CC.CCN=C/C(C)=C(\C)C=N. The van der Waals surface area contributed by atoms with E-state index in [1.54, 1.807) is 6.21 Å². The van der Waals surface area contributed by atoms with Gasteiger partial charge in [-0.3, -0.25) is 4.99 Å². The van der Waals surface area contributed by atoms with Crippen molar-refractivity contribution < 1.29 is 0 Å². The summed E-state index contributed by atoms with van der Waals surface area (Å²) in [6, 6.07) is 0. The molecule has 0 fully saturated rings. The van der Waals surface area contributed by atoms with Crippen LogP contribution in [0.3, 0.4) is 0 Å². The summed E-state index contributed by atoms with van der Waals surface area (Å²) in [5, 5.41) is 6.93. The average molecular weight is 198 g/mol. The molecular formula is C12H26N2. The first kappa shape index (κ1) is 18.8. The number of nitrogens with one attached hydrogen (secondary N) is 1. The van der Waals surface area contributed by atoms with Crippen molar-refractivity contribution in [2.75, 3.05) is 6.54 Å². The third-order valence-corrected chi connectivity index (χ3v) is 1.31. The normalized spacial score (nSPS) is 10.5. The van der Waals surface area contributed by atoms with E-state index in [0.29, 0.717) is 0 Å². The zero-order valence-corrected chi connectivity index (χ0v) is 10.8. The van der Waals surface area contributed by atoms with Gasteiger partial charge in [0.15, 0.2) is 0 Å². The molecular weight excluding hydrogens is 172 g/mol. The fourth-order valence-corrected chi connectivity index (χ4v) is 0.444. The molecule has 0 saturated heterocycles. The molecule has 0 heterocycles. The molecule has 0 amide bonds. The molecule has 0 spiro atoms. The lowest BCUT2D eigenvalue weighted by Gasteiger charge is -1.92. The van der Waals surface area contributed by atoms with Gasteiger partial charge in [0, 0.05) is 19.0 Å². The largest absolute Gasteiger partial charge is 0.308 e.